The van der Waals surface area contributed by atoms with Gasteiger partial charge in [0.25, 0.3) is 5.91 Å². The Balaban J connectivity index is 1.02. The highest BCUT2D eigenvalue weighted by Gasteiger charge is 2.47. The van der Waals surface area contributed by atoms with Gasteiger partial charge in [-0.1, -0.05) is 30.3 Å². The van der Waals surface area contributed by atoms with Gasteiger partial charge in [0, 0.05) is 67.9 Å². The number of aryl methyl sites for hydroxylation is 1. The normalized spacial score (nSPS) is 23.0. The lowest BCUT2D eigenvalue weighted by Gasteiger charge is -2.27. The zero-order valence-electron chi connectivity index (χ0n) is 28.6. The summed E-state index contributed by atoms with van der Waals surface area (Å²) in [5.74, 6) is 2.54. The lowest BCUT2D eigenvalue weighted by molar-refractivity contribution is 0.0700. The quantitative estimate of drug-likeness (QED) is 0.225. The second-order valence-corrected chi connectivity index (χ2v) is 14.7. The van der Waals surface area contributed by atoms with Crippen molar-refractivity contribution in [2.75, 3.05) is 26.7 Å². The lowest BCUT2D eigenvalue weighted by Crippen LogP contribution is -2.41. The fourth-order valence-electron chi connectivity index (χ4n) is 8.54. The van der Waals surface area contributed by atoms with E-state index in [9.17, 15) is 9.59 Å². The first-order chi connectivity index (χ1) is 24.4. The summed E-state index contributed by atoms with van der Waals surface area (Å²) in [6.45, 7) is 3.07. The van der Waals surface area contributed by atoms with E-state index in [2.05, 4.69) is 27.3 Å². The number of hydrogen-bond donors (Lipinski definition) is 1. The van der Waals surface area contributed by atoms with Crippen molar-refractivity contribution in [2.24, 2.45) is 24.6 Å². The second-order valence-electron chi connectivity index (χ2n) is 14.7. The van der Waals surface area contributed by atoms with Gasteiger partial charge in [-0.3, -0.25) is 4.79 Å². The molecule has 5 heterocycles. The number of rotatable bonds is 8. The summed E-state index contributed by atoms with van der Waals surface area (Å²) in [5.41, 5.74) is 12.5. The average Bonchev–Trinajstić information content (AvgIpc) is 3.45. The maximum atomic E-state index is 13.8. The van der Waals surface area contributed by atoms with Gasteiger partial charge >= 0.3 is 6.09 Å². The first kappa shape index (κ1) is 31.1. The minimum Gasteiger partial charge on any atom is -0.494 e. The summed E-state index contributed by atoms with van der Waals surface area (Å²) in [5, 5.41) is 1.05. The molecule has 2 N–H and O–H groups in total. The zero-order chi connectivity index (χ0) is 34.1. The molecule has 2 bridgehead atoms. The Morgan fingerprint density at radius 2 is 1.80 bits per heavy atom. The van der Waals surface area contributed by atoms with Crippen molar-refractivity contribution in [3.8, 4) is 17.3 Å². The van der Waals surface area contributed by atoms with Gasteiger partial charge in [-0.25, -0.2) is 14.8 Å². The van der Waals surface area contributed by atoms with Gasteiger partial charge < -0.3 is 34.1 Å². The molecule has 5 aromatic rings. The number of piperidine rings is 1. The van der Waals surface area contributed by atoms with Gasteiger partial charge in [0.05, 0.1) is 18.3 Å². The van der Waals surface area contributed by atoms with Gasteiger partial charge in [-0.2, -0.15) is 0 Å². The molecular formula is C39H43N7O4. The van der Waals surface area contributed by atoms with E-state index in [1.54, 1.807) is 12.0 Å². The largest absolute Gasteiger partial charge is 0.494 e. The number of likely N-dealkylation sites (tertiary alicyclic amines) is 2. The van der Waals surface area contributed by atoms with Crippen LogP contribution >= 0.6 is 0 Å². The number of fused-ring (bicyclic) bond motifs is 4. The summed E-state index contributed by atoms with van der Waals surface area (Å²) in [7, 11) is 3.65. The molecule has 9 rings (SSSR count). The summed E-state index contributed by atoms with van der Waals surface area (Å²) in [6.07, 6.45) is 5.01. The van der Waals surface area contributed by atoms with E-state index in [1.165, 1.54) is 12.8 Å². The molecule has 2 saturated carbocycles. The van der Waals surface area contributed by atoms with Crippen molar-refractivity contribution >= 4 is 34.1 Å². The highest BCUT2D eigenvalue weighted by Crippen LogP contribution is 2.40. The van der Waals surface area contributed by atoms with Crippen LogP contribution in [0.25, 0.3) is 33.6 Å². The Labute approximate surface area is 291 Å². The van der Waals surface area contributed by atoms with Crippen LogP contribution in [0.5, 0.6) is 5.75 Å². The topological polar surface area (TPSA) is 121 Å². The monoisotopic (exact) mass is 673 g/mol. The van der Waals surface area contributed by atoms with Crippen LogP contribution in [0.15, 0.2) is 60.7 Å². The molecule has 0 spiro atoms. The van der Waals surface area contributed by atoms with E-state index < -0.39 is 0 Å². The van der Waals surface area contributed by atoms with Crippen LogP contribution in [-0.2, 0) is 24.9 Å². The molecule has 3 aromatic heterocycles. The van der Waals surface area contributed by atoms with Crippen LogP contribution in [-0.4, -0.2) is 79.7 Å². The summed E-state index contributed by atoms with van der Waals surface area (Å²) in [4.78, 5) is 40.9. The van der Waals surface area contributed by atoms with Crippen LogP contribution in [0.4, 0.5) is 4.79 Å². The first-order valence-corrected chi connectivity index (χ1v) is 17.9. The van der Waals surface area contributed by atoms with Crippen LogP contribution < -0.4 is 10.5 Å². The van der Waals surface area contributed by atoms with Crippen LogP contribution in [0.3, 0.4) is 0 Å². The summed E-state index contributed by atoms with van der Waals surface area (Å²) >= 11 is 0. The number of pyridine rings is 1. The fourth-order valence-corrected chi connectivity index (χ4v) is 8.54. The Kier molecular flexibility index (Phi) is 7.56. The molecule has 2 saturated heterocycles. The van der Waals surface area contributed by atoms with Gasteiger partial charge in [0.15, 0.2) is 5.82 Å². The second kappa shape index (κ2) is 12.2. The van der Waals surface area contributed by atoms with Crippen LogP contribution in [0.2, 0.25) is 0 Å². The number of carbonyl (C=O) groups excluding carboxylic acids is 2. The number of carbonyl (C=O) groups is 2. The summed E-state index contributed by atoms with van der Waals surface area (Å²) in [6, 6.07) is 20.1. The number of hydrogen-bond acceptors (Lipinski definition) is 7. The minimum atomic E-state index is -0.282. The van der Waals surface area contributed by atoms with Crippen LogP contribution in [0, 0.1) is 11.8 Å². The minimum absolute atomic E-state index is 0.00503. The Hall–Kier alpha value is -4.90. The molecule has 0 radical (unpaired) electrons. The maximum absolute atomic E-state index is 13.8. The van der Waals surface area contributed by atoms with E-state index in [4.69, 9.17) is 25.2 Å². The molecule has 4 fully saturated rings. The molecular weight excluding hydrogens is 630 g/mol. The Morgan fingerprint density at radius 3 is 2.54 bits per heavy atom. The standard InChI is InChI=1S/C39H43N7O4/c1-43-35-30(16-28(18-33(35)49-2)38(47)46-21-27-11-13-31(46)34(27)40)42-37(43)32-17-25-10-12-29(41-36(25)45(32)19-23-8-9-23)26-14-15-44(20-26)39(48)50-22-24-6-4-3-5-7-24/h3-7,10,12,16-18,23,26-27,31,34H,8-9,11,13-15,19-22,40H2,1-2H3/t26?,27?,31?,34-/m1/s1. The highest BCUT2D eigenvalue weighted by atomic mass is 16.6. The van der Waals surface area contributed by atoms with Crippen LogP contribution in [0.1, 0.15) is 59.6 Å². The lowest BCUT2D eigenvalue weighted by atomic mass is 10.0. The van der Waals surface area contributed by atoms with E-state index in [-0.39, 0.29) is 36.6 Å². The molecule has 11 nitrogen and oxygen atoms in total. The molecule has 50 heavy (non-hydrogen) atoms. The highest BCUT2D eigenvalue weighted by molar-refractivity contribution is 6.00. The van der Waals surface area contributed by atoms with Gasteiger partial charge in [-0.15, -0.1) is 0 Å². The zero-order valence-corrected chi connectivity index (χ0v) is 28.6. The van der Waals surface area contributed by atoms with Crippen molar-refractivity contribution in [2.45, 2.75) is 63.3 Å². The van der Waals surface area contributed by atoms with Gasteiger partial charge in [0.1, 0.15) is 23.5 Å². The number of methoxy groups -OCH3 is 1. The summed E-state index contributed by atoms with van der Waals surface area (Å²) < 4.78 is 15.9. The van der Waals surface area contributed by atoms with E-state index in [0.29, 0.717) is 42.8 Å². The van der Waals surface area contributed by atoms with Crippen molar-refractivity contribution < 1.29 is 19.1 Å². The van der Waals surface area contributed by atoms with E-state index >= 15 is 0 Å². The molecule has 2 aliphatic carbocycles. The number of aromatic nitrogens is 4. The van der Waals surface area contributed by atoms with Crippen molar-refractivity contribution in [3.63, 3.8) is 0 Å². The number of nitrogens with two attached hydrogens (primary N) is 1. The predicted octanol–water partition coefficient (Wildman–Crippen LogP) is 5.70. The number of ether oxygens (including phenoxy) is 2. The molecule has 4 atom stereocenters. The number of amides is 2. The van der Waals surface area contributed by atoms with E-state index in [0.717, 1.165) is 70.6 Å². The SMILES string of the molecule is COc1cc(C(=O)N2CC3CCC2[C@@H]3N)cc2nc(-c3cc4ccc(C5CCN(C(=O)OCc6ccccc6)C5)nc4n3CC3CC3)n(C)c12. The smallest absolute Gasteiger partial charge is 0.410 e. The van der Waals surface area contributed by atoms with Gasteiger partial charge in [0.2, 0.25) is 0 Å². The number of imidazole rings is 1. The number of nitrogens with zero attached hydrogens (tertiary/aromatic N) is 6. The molecule has 2 aromatic carbocycles. The van der Waals surface area contributed by atoms with E-state index in [1.807, 2.05) is 54.4 Å². The van der Waals surface area contributed by atoms with Gasteiger partial charge in [-0.05, 0) is 79.8 Å². The molecule has 11 heteroatoms. The van der Waals surface area contributed by atoms with Crippen molar-refractivity contribution in [1.82, 2.24) is 28.9 Å². The Morgan fingerprint density at radius 1 is 0.960 bits per heavy atom. The third kappa shape index (κ3) is 5.30. The molecule has 4 aliphatic rings. The average molecular weight is 674 g/mol. The fraction of sp³-hybridized carbons (Fsp3) is 0.436. The molecule has 2 amide bonds. The molecule has 258 valence electrons. The number of benzene rings is 2. The maximum Gasteiger partial charge on any atom is 0.410 e. The predicted molar refractivity (Wildman–Crippen MR) is 190 cm³/mol. The molecule has 2 aliphatic heterocycles. The van der Waals surface area contributed by atoms with Crippen molar-refractivity contribution in [3.05, 3.63) is 77.5 Å². The third-order valence-corrected chi connectivity index (χ3v) is 11.5. The third-order valence-electron chi connectivity index (χ3n) is 11.5. The first-order valence-electron chi connectivity index (χ1n) is 17.9. The van der Waals surface area contributed by atoms with Crippen molar-refractivity contribution in [1.29, 1.82) is 0 Å². The Bertz CT molecular complexity index is 2120. The molecule has 3 unspecified atom stereocenters.